The predicted octanol–water partition coefficient (Wildman–Crippen LogP) is 4.39. The summed E-state index contributed by atoms with van der Waals surface area (Å²) in [5, 5.41) is 4.23. The molecule has 0 saturated carbocycles. The summed E-state index contributed by atoms with van der Waals surface area (Å²) in [5.74, 6) is 6.28. The smallest absolute Gasteiger partial charge is 0.0982 e. The van der Waals surface area contributed by atoms with E-state index in [0.29, 0.717) is 6.54 Å². The largest absolute Gasteiger partial charge is 0.311 e. The van der Waals surface area contributed by atoms with Crippen molar-refractivity contribution in [2.75, 3.05) is 0 Å². The molecule has 1 atom stereocenters. The molecule has 0 bridgehead atoms. The first kappa shape index (κ1) is 15.3. The van der Waals surface area contributed by atoms with Gasteiger partial charge in [0.1, 0.15) is 0 Å². The van der Waals surface area contributed by atoms with E-state index in [0.717, 1.165) is 11.1 Å². The normalized spacial score (nSPS) is 13.0. The fraction of sp³-hybridized carbons (Fsp3) is 0.100. The highest BCUT2D eigenvalue weighted by atomic mass is 32.1. The zero-order valence-electron chi connectivity index (χ0n) is 13.2. The van der Waals surface area contributed by atoms with Crippen molar-refractivity contribution in [2.24, 2.45) is 11.6 Å². The van der Waals surface area contributed by atoms with Gasteiger partial charge in [0.15, 0.2) is 0 Å². The zero-order valence-corrected chi connectivity index (χ0v) is 14.0. The summed E-state index contributed by atoms with van der Waals surface area (Å²) in [4.78, 5) is 0. The predicted molar refractivity (Wildman–Crippen MR) is 102 cm³/mol. The van der Waals surface area contributed by atoms with Crippen molar-refractivity contribution < 1.29 is 0 Å². The van der Waals surface area contributed by atoms with Crippen LogP contribution in [0.15, 0.2) is 72.8 Å². The number of nitrogens with two attached hydrogens (primary N) is 2. The Balaban J connectivity index is 1.72. The van der Waals surface area contributed by atoms with Gasteiger partial charge in [0.05, 0.1) is 6.17 Å². The number of rotatable bonds is 4. The molecule has 0 amide bonds. The van der Waals surface area contributed by atoms with Crippen LogP contribution < -0.4 is 11.6 Å². The van der Waals surface area contributed by atoms with Crippen LogP contribution in [-0.2, 0) is 6.54 Å². The highest BCUT2D eigenvalue weighted by Gasteiger charge is 2.18. The fourth-order valence-corrected chi connectivity index (χ4v) is 4.32. The number of nitrogens with zero attached hydrogens (tertiary/aromatic N) is 1. The second-order valence-corrected chi connectivity index (χ2v) is 6.98. The van der Waals surface area contributed by atoms with E-state index >= 15 is 0 Å². The lowest BCUT2D eigenvalue weighted by atomic mass is 10.1. The van der Waals surface area contributed by atoms with Crippen molar-refractivity contribution in [3.63, 3.8) is 0 Å². The Morgan fingerprint density at radius 1 is 0.833 bits per heavy atom. The SMILES string of the molecule is NC(c1cccc2c1sc1ccccc12)N(N)Cc1ccccc1. The fourth-order valence-electron chi connectivity index (χ4n) is 3.07. The lowest BCUT2D eigenvalue weighted by molar-refractivity contribution is 0.198. The molecule has 1 unspecified atom stereocenters. The number of benzene rings is 3. The summed E-state index contributed by atoms with van der Waals surface area (Å²) in [5.41, 5.74) is 8.71. The molecule has 3 aromatic carbocycles. The number of hydrogen-bond acceptors (Lipinski definition) is 4. The molecule has 0 spiro atoms. The van der Waals surface area contributed by atoms with Crippen LogP contribution in [0.4, 0.5) is 0 Å². The maximum atomic E-state index is 6.48. The van der Waals surface area contributed by atoms with Gasteiger partial charge in [-0.15, -0.1) is 11.3 Å². The number of thiophene rings is 1. The summed E-state index contributed by atoms with van der Waals surface area (Å²) >= 11 is 1.78. The minimum absolute atomic E-state index is 0.345. The Hall–Kier alpha value is -2.24. The van der Waals surface area contributed by atoms with Crippen LogP contribution in [0.25, 0.3) is 20.2 Å². The molecule has 0 fully saturated rings. The van der Waals surface area contributed by atoms with Gasteiger partial charge >= 0.3 is 0 Å². The van der Waals surface area contributed by atoms with Gasteiger partial charge in [0.2, 0.25) is 0 Å². The summed E-state index contributed by atoms with van der Waals surface area (Å²) in [6.07, 6.45) is -0.345. The average molecular weight is 333 g/mol. The molecule has 1 heterocycles. The maximum absolute atomic E-state index is 6.48. The number of hydrazine groups is 1. The van der Waals surface area contributed by atoms with Crippen molar-refractivity contribution in [3.8, 4) is 0 Å². The van der Waals surface area contributed by atoms with Crippen LogP contribution in [0.5, 0.6) is 0 Å². The van der Waals surface area contributed by atoms with Crippen LogP contribution in [0.3, 0.4) is 0 Å². The van der Waals surface area contributed by atoms with Crippen LogP contribution in [-0.4, -0.2) is 5.01 Å². The minimum atomic E-state index is -0.345. The molecular weight excluding hydrogens is 314 g/mol. The molecule has 4 rings (SSSR count). The summed E-state index contributed by atoms with van der Waals surface area (Å²) in [6, 6.07) is 24.9. The molecule has 0 aliphatic rings. The second-order valence-electron chi connectivity index (χ2n) is 5.92. The van der Waals surface area contributed by atoms with Gasteiger partial charge in [-0.3, -0.25) is 5.84 Å². The van der Waals surface area contributed by atoms with Gasteiger partial charge in [0.25, 0.3) is 0 Å². The van der Waals surface area contributed by atoms with E-state index in [1.807, 2.05) is 18.2 Å². The molecule has 1 aromatic heterocycles. The van der Waals surface area contributed by atoms with E-state index in [1.54, 1.807) is 16.3 Å². The van der Waals surface area contributed by atoms with Crippen molar-refractivity contribution >= 4 is 31.5 Å². The first-order valence-corrected chi connectivity index (χ1v) is 8.76. The molecule has 4 heteroatoms. The third-order valence-corrected chi connectivity index (χ3v) is 5.55. The van der Waals surface area contributed by atoms with Gasteiger partial charge in [-0.05, 0) is 11.6 Å². The summed E-state index contributed by atoms with van der Waals surface area (Å²) < 4.78 is 2.49. The molecule has 120 valence electrons. The van der Waals surface area contributed by atoms with Crippen molar-refractivity contribution in [3.05, 3.63) is 83.9 Å². The van der Waals surface area contributed by atoms with Crippen molar-refractivity contribution in [1.82, 2.24) is 5.01 Å². The van der Waals surface area contributed by atoms with E-state index in [9.17, 15) is 0 Å². The highest BCUT2D eigenvalue weighted by molar-refractivity contribution is 7.26. The summed E-state index contributed by atoms with van der Waals surface area (Å²) in [6.45, 7) is 0.614. The monoisotopic (exact) mass is 333 g/mol. The van der Waals surface area contributed by atoms with Gasteiger partial charge in [0, 0.05) is 32.3 Å². The first-order chi connectivity index (χ1) is 11.7. The molecular formula is C20H19N3S. The van der Waals surface area contributed by atoms with Crippen LogP contribution >= 0.6 is 11.3 Å². The third kappa shape index (κ3) is 2.70. The highest BCUT2D eigenvalue weighted by Crippen LogP contribution is 2.37. The lowest BCUT2D eigenvalue weighted by Gasteiger charge is -2.24. The molecule has 4 aromatic rings. The van der Waals surface area contributed by atoms with E-state index in [4.69, 9.17) is 11.6 Å². The standard InChI is InChI=1S/C20H19N3S/c21-20(23(22)13-14-7-2-1-3-8-14)17-11-6-10-16-15-9-4-5-12-18(15)24-19(16)17/h1-12,20H,13,21-22H2. The van der Waals surface area contributed by atoms with Gasteiger partial charge in [-0.1, -0.05) is 66.7 Å². The molecule has 4 N–H and O–H groups in total. The van der Waals surface area contributed by atoms with Gasteiger partial charge in [-0.2, -0.15) is 0 Å². The van der Waals surface area contributed by atoms with E-state index in [-0.39, 0.29) is 6.17 Å². The molecule has 0 saturated heterocycles. The number of fused-ring (bicyclic) bond motifs is 3. The molecule has 0 aliphatic heterocycles. The van der Waals surface area contributed by atoms with Gasteiger partial charge in [-0.25, -0.2) is 5.01 Å². The lowest BCUT2D eigenvalue weighted by Crippen LogP contribution is -2.39. The zero-order chi connectivity index (χ0) is 16.5. The summed E-state index contributed by atoms with van der Waals surface area (Å²) in [7, 11) is 0. The first-order valence-electron chi connectivity index (χ1n) is 7.95. The Morgan fingerprint density at radius 2 is 1.54 bits per heavy atom. The van der Waals surface area contributed by atoms with E-state index in [2.05, 4.69) is 54.6 Å². The quantitative estimate of drug-likeness (QED) is 0.331. The van der Waals surface area contributed by atoms with Crippen molar-refractivity contribution in [2.45, 2.75) is 12.7 Å². The average Bonchev–Trinajstić information content (AvgIpc) is 3.00. The van der Waals surface area contributed by atoms with Gasteiger partial charge < -0.3 is 5.73 Å². The topological polar surface area (TPSA) is 55.3 Å². The second kappa shape index (κ2) is 6.34. The molecule has 0 aliphatic carbocycles. The Labute approximate surface area is 145 Å². The van der Waals surface area contributed by atoms with E-state index in [1.165, 1.54) is 20.2 Å². The van der Waals surface area contributed by atoms with Crippen molar-refractivity contribution in [1.29, 1.82) is 0 Å². The minimum Gasteiger partial charge on any atom is -0.311 e. The third-order valence-electron chi connectivity index (χ3n) is 4.32. The van der Waals surface area contributed by atoms with Crippen LogP contribution in [0.1, 0.15) is 17.3 Å². The number of hydrogen-bond donors (Lipinski definition) is 2. The maximum Gasteiger partial charge on any atom is 0.0982 e. The molecule has 24 heavy (non-hydrogen) atoms. The molecule has 0 radical (unpaired) electrons. The Bertz CT molecular complexity index is 978. The Kier molecular flexibility index (Phi) is 4.04. The van der Waals surface area contributed by atoms with Crippen LogP contribution in [0, 0.1) is 0 Å². The Morgan fingerprint density at radius 3 is 2.38 bits per heavy atom. The van der Waals surface area contributed by atoms with E-state index < -0.39 is 0 Å². The van der Waals surface area contributed by atoms with Crippen LogP contribution in [0.2, 0.25) is 0 Å². The molecule has 3 nitrogen and oxygen atoms in total.